The summed E-state index contributed by atoms with van der Waals surface area (Å²) in [6, 6.07) is 3.48. The zero-order chi connectivity index (χ0) is 13.9. The predicted octanol–water partition coefficient (Wildman–Crippen LogP) is 0.398. The highest BCUT2D eigenvalue weighted by Crippen LogP contribution is 2.24. The van der Waals surface area contributed by atoms with Gasteiger partial charge in [-0.05, 0) is 30.2 Å². The molecule has 0 radical (unpaired) electrons. The molecule has 0 bridgehead atoms. The van der Waals surface area contributed by atoms with Gasteiger partial charge in [0.25, 0.3) is 5.91 Å². The van der Waals surface area contributed by atoms with Gasteiger partial charge in [0.05, 0.1) is 12.3 Å². The average molecular weight is 279 g/mol. The molecule has 1 amide bonds. The van der Waals surface area contributed by atoms with Gasteiger partial charge in [0, 0.05) is 19.6 Å². The van der Waals surface area contributed by atoms with Crippen LogP contribution in [0, 0.1) is 5.82 Å². The minimum Gasteiger partial charge on any atom is -0.366 e. The Morgan fingerprint density at radius 3 is 3.05 bits per heavy atom. The molecule has 1 aromatic carbocycles. The first-order chi connectivity index (χ1) is 9.75. The third-order valence-corrected chi connectivity index (χ3v) is 3.69. The second kappa shape index (κ2) is 5.87. The molecule has 1 saturated heterocycles. The van der Waals surface area contributed by atoms with Crippen LogP contribution in [-0.4, -0.2) is 38.3 Å². The minimum absolute atomic E-state index is 0.241. The maximum atomic E-state index is 14.4. The summed E-state index contributed by atoms with van der Waals surface area (Å²) in [7, 11) is 0. The van der Waals surface area contributed by atoms with E-state index in [4.69, 9.17) is 4.74 Å². The van der Waals surface area contributed by atoms with Crippen LogP contribution in [0.15, 0.2) is 12.1 Å². The first-order valence-corrected chi connectivity index (χ1v) is 6.90. The fraction of sp³-hybridized carbons (Fsp3) is 0.500. The fourth-order valence-electron chi connectivity index (χ4n) is 2.58. The summed E-state index contributed by atoms with van der Waals surface area (Å²) in [5.74, 6) is -0.619. The van der Waals surface area contributed by atoms with Crippen molar-refractivity contribution < 1.29 is 13.9 Å². The molecular formula is C14H18FN3O2. The van der Waals surface area contributed by atoms with E-state index in [0.29, 0.717) is 31.7 Å². The molecule has 3 N–H and O–H groups in total. The largest absolute Gasteiger partial charge is 0.366 e. The molecule has 5 nitrogen and oxygen atoms in total. The predicted molar refractivity (Wildman–Crippen MR) is 73.1 cm³/mol. The first kappa shape index (κ1) is 13.5. The molecule has 0 aliphatic carbocycles. The zero-order valence-corrected chi connectivity index (χ0v) is 11.2. The van der Waals surface area contributed by atoms with Gasteiger partial charge in [0.2, 0.25) is 0 Å². The molecule has 0 unspecified atom stereocenters. The summed E-state index contributed by atoms with van der Waals surface area (Å²) in [6.07, 6.45) is 0.0904. The molecule has 1 atom stereocenters. The number of benzene rings is 1. The SMILES string of the molecule is O=C(Nc1ccc2c(c1F)CCNC2)[C@H]1CNCCO1. The van der Waals surface area contributed by atoms with Crippen molar-refractivity contribution in [3.63, 3.8) is 0 Å². The van der Waals surface area contributed by atoms with Gasteiger partial charge in [0.1, 0.15) is 11.9 Å². The number of nitrogens with one attached hydrogen (secondary N) is 3. The van der Waals surface area contributed by atoms with Crippen molar-refractivity contribution >= 4 is 11.6 Å². The Hall–Kier alpha value is -1.50. The van der Waals surface area contributed by atoms with Crippen LogP contribution in [0.4, 0.5) is 10.1 Å². The highest BCUT2D eigenvalue weighted by atomic mass is 19.1. The zero-order valence-electron chi connectivity index (χ0n) is 11.2. The molecular weight excluding hydrogens is 261 g/mol. The van der Waals surface area contributed by atoms with Gasteiger partial charge >= 0.3 is 0 Å². The number of anilines is 1. The monoisotopic (exact) mass is 279 g/mol. The third-order valence-electron chi connectivity index (χ3n) is 3.69. The number of hydrogen-bond donors (Lipinski definition) is 3. The maximum absolute atomic E-state index is 14.4. The summed E-state index contributed by atoms with van der Waals surface area (Å²) < 4.78 is 19.7. The van der Waals surface area contributed by atoms with Crippen LogP contribution >= 0.6 is 0 Å². The number of fused-ring (bicyclic) bond motifs is 1. The van der Waals surface area contributed by atoms with Gasteiger partial charge < -0.3 is 20.7 Å². The van der Waals surface area contributed by atoms with Crippen molar-refractivity contribution in [3.05, 3.63) is 29.1 Å². The average Bonchev–Trinajstić information content (AvgIpc) is 2.51. The molecule has 2 heterocycles. The quantitative estimate of drug-likeness (QED) is 0.733. The van der Waals surface area contributed by atoms with Gasteiger partial charge in [-0.3, -0.25) is 4.79 Å². The summed E-state index contributed by atoms with van der Waals surface area (Å²) >= 11 is 0. The summed E-state index contributed by atoms with van der Waals surface area (Å²) in [5.41, 5.74) is 1.90. The number of carbonyl (C=O) groups is 1. The normalized spacial score (nSPS) is 22.1. The summed E-state index contributed by atoms with van der Waals surface area (Å²) in [5, 5.41) is 8.91. The second-order valence-corrected chi connectivity index (χ2v) is 5.04. The summed E-state index contributed by atoms with van der Waals surface area (Å²) in [4.78, 5) is 12.0. The maximum Gasteiger partial charge on any atom is 0.254 e. The molecule has 3 rings (SSSR count). The molecule has 2 aliphatic heterocycles. The molecule has 1 fully saturated rings. The highest BCUT2D eigenvalue weighted by molar-refractivity contribution is 5.94. The van der Waals surface area contributed by atoms with E-state index in [9.17, 15) is 9.18 Å². The van der Waals surface area contributed by atoms with E-state index in [0.717, 1.165) is 18.7 Å². The van der Waals surface area contributed by atoms with Gasteiger partial charge in [-0.15, -0.1) is 0 Å². The van der Waals surface area contributed by atoms with E-state index in [1.54, 1.807) is 6.07 Å². The Bertz CT molecular complexity index is 515. The van der Waals surface area contributed by atoms with Crippen molar-refractivity contribution in [2.45, 2.75) is 19.1 Å². The van der Waals surface area contributed by atoms with E-state index in [1.807, 2.05) is 6.07 Å². The molecule has 1 aromatic rings. The van der Waals surface area contributed by atoms with E-state index >= 15 is 0 Å². The molecule has 108 valence electrons. The Kier molecular flexibility index (Phi) is 3.95. The Balaban J connectivity index is 1.75. The molecule has 6 heteroatoms. The third kappa shape index (κ3) is 2.67. The standard InChI is InChI=1S/C14H18FN3O2/c15-13-10-3-4-16-7-9(10)1-2-11(13)18-14(19)12-8-17-5-6-20-12/h1-2,12,16-17H,3-8H2,(H,18,19)/t12-/m1/s1. The van der Waals surface area contributed by atoms with Crippen molar-refractivity contribution in [1.82, 2.24) is 10.6 Å². The number of carbonyl (C=O) groups excluding carboxylic acids is 1. The molecule has 0 aromatic heterocycles. The van der Waals surface area contributed by atoms with Gasteiger partial charge in [-0.2, -0.15) is 0 Å². The van der Waals surface area contributed by atoms with Crippen LogP contribution in [0.1, 0.15) is 11.1 Å². The summed E-state index contributed by atoms with van der Waals surface area (Å²) in [6.45, 7) is 3.13. The smallest absolute Gasteiger partial charge is 0.254 e. The minimum atomic E-state index is -0.555. The van der Waals surface area contributed by atoms with E-state index in [2.05, 4.69) is 16.0 Å². The van der Waals surface area contributed by atoms with Crippen LogP contribution in [0.25, 0.3) is 0 Å². The number of amides is 1. The molecule has 0 saturated carbocycles. The Labute approximate surface area is 116 Å². The lowest BCUT2D eigenvalue weighted by atomic mass is 9.99. The van der Waals surface area contributed by atoms with Crippen molar-refractivity contribution in [3.8, 4) is 0 Å². The first-order valence-electron chi connectivity index (χ1n) is 6.90. The van der Waals surface area contributed by atoms with Crippen LogP contribution in [0.2, 0.25) is 0 Å². The highest BCUT2D eigenvalue weighted by Gasteiger charge is 2.24. The number of halogens is 1. The van der Waals surface area contributed by atoms with Gasteiger partial charge in [-0.1, -0.05) is 6.07 Å². The molecule has 0 spiro atoms. The van der Waals surface area contributed by atoms with Crippen LogP contribution in [0.3, 0.4) is 0 Å². The Morgan fingerprint density at radius 2 is 2.25 bits per heavy atom. The Morgan fingerprint density at radius 1 is 1.35 bits per heavy atom. The van der Waals surface area contributed by atoms with E-state index in [-0.39, 0.29) is 17.4 Å². The van der Waals surface area contributed by atoms with Crippen molar-refractivity contribution in [2.75, 3.05) is 31.6 Å². The van der Waals surface area contributed by atoms with E-state index < -0.39 is 6.10 Å². The van der Waals surface area contributed by atoms with E-state index in [1.165, 1.54) is 0 Å². The topological polar surface area (TPSA) is 62.4 Å². The fourth-order valence-corrected chi connectivity index (χ4v) is 2.58. The van der Waals surface area contributed by atoms with Crippen LogP contribution in [-0.2, 0) is 22.5 Å². The lowest BCUT2D eigenvalue weighted by Crippen LogP contribution is -2.45. The van der Waals surface area contributed by atoms with Crippen molar-refractivity contribution in [1.29, 1.82) is 0 Å². The number of ether oxygens (including phenoxy) is 1. The second-order valence-electron chi connectivity index (χ2n) is 5.04. The number of hydrogen-bond acceptors (Lipinski definition) is 4. The molecule has 20 heavy (non-hydrogen) atoms. The van der Waals surface area contributed by atoms with Crippen LogP contribution < -0.4 is 16.0 Å². The van der Waals surface area contributed by atoms with Gasteiger partial charge in [-0.25, -0.2) is 4.39 Å². The lowest BCUT2D eigenvalue weighted by Gasteiger charge is -2.24. The molecule has 2 aliphatic rings. The van der Waals surface area contributed by atoms with Crippen molar-refractivity contribution in [2.24, 2.45) is 0 Å². The van der Waals surface area contributed by atoms with Crippen LogP contribution in [0.5, 0.6) is 0 Å². The van der Waals surface area contributed by atoms with Gasteiger partial charge in [0.15, 0.2) is 0 Å². The number of morpholine rings is 1. The lowest BCUT2D eigenvalue weighted by molar-refractivity contribution is -0.128. The number of rotatable bonds is 2.